The molecule has 100 valence electrons. The van der Waals surface area contributed by atoms with E-state index in [1.54, 1.807) is 18.2 Å². The number of fused-ring (bicyclic) bond motifs is 1. The Balaban J connectivity index is 2.45. The van der Waals surface area contributed by atoms with E-state index in [9.17, 15) is 4.79 Å². The van der Waals surface area contributed by atoms with Gasteiger partial charge in [0.1, 0.15) is 12.4 Å². The van der Waals surface area contributed by atoms with Crippen LogP contribution in [0.4, 0.5) is 0 Å². The molecule has 0 atom stereocenters. The van der Waals surface area contributed by atoms with Crippen LogP contribution in [0.1, 0.15) is 13.8 Å². The van der Waals surface area contributed by atoms with Gasteiger partial charge in [-0.1, -0.05) is 5.57 Å². The SMILES string of the molecule is COc1ccc(OCC=C(C)C)c2ccc(=O)oc12. The summed E-state index contributed by atoms with van der Waals surface area (Å²) >= 11 is 0. The molecule has 0 bridgehead atoms. The molecule has 0 aliphatic carbocycles. The minimum atomic E-state index is -0.410. The molecular formula is C15H16O4. The molecule has 4 nitrogen and oxygen atoms in total. The maximum absolute atomic E-state index is 11.3. The molecule has 2 aromatic rings. The maximum Gasteiger partial charge on any atom is 0.336 e. The first-order valence-electron chi connectivity index (χ1n) is 5.99. The number of methoxy groups -OCH3 is 1. The second-order valence-corrected chi connectivity index (χ2v) is 4.36. The fourth-order valence-corrected chi connectivity index (χ4v) is 1.70. The molecule has 1 aromatic carbocycles. The van der Waals surface area contributed by atoms with Gasteiger partial charge in [-0.25, -0.2) is 4.79 Å². The van der Waals surface area contributed by atoms with E-state index in [-0.39, 0.29) is 0 Å². The van der Waals surface area contributed by atoms with E-state index in [1.165, 1.54) is 18.7 Å². The van der Waals surface area contributed by atoms with Gasteiger partial charge < -0.3 is 13.9 Å². The Morgan fingerprint density at radius 2 is 1.95 bits per heavy atom. The van der Waals surface area contributed by atoms with E-state index >= 15 is 0 Å². The molecule has 0 spiro atoms. The van der Waals surface area contributed by atoms with Crippen LogP contribution in [0.25, 0.3) is 11.0 Å². The number of benzene rings is 1. The van der Waals surface area contributed by atoms with Crippen molar-refractivity contribution in [2.75, 3.05) is 13.7 Å². The first kappa shape index (κ1) is 13.2. The molecule has 0 aliphatic rings. The molecule has 0 amide bonds. The van der Waals surface area contributed by atoms with Crippen molar-refractivity contribution in [3.8, 4) is 11.5 Å². The molecule has 19 heavy (non-hydrogen) atoms. The third-order valence-electron chi connectivity index (χ3n) is 2.66. The summed E-state index contributed by atoms with van der Waals surface area (Å²) in [5.41, 5.74) is 1.18. The summed E-state index contributed by atoms with van der Waals surface area (Å²) in [6.45, 7) is 4.49. The Morgan fingerprint density at radius 3 is 2.63 bits per heavy atom. The molecule has 0 saturated carbocycles. The van der Waals surface area contributed by atoms with E-state index in [0.717, 1.165) is 5.39 Å². The van der Waals surface area contributed by atoms with Crippen LogP contribution in [0.3, 0.4) is 0 Å². The van der Waals surface area contributed by atoms with Crippen molar-refractivity contribution in [1.82, 2.24) is 0 Å². The van der Waals surface area contributed by atoms with Gasteiger partial charge >= 0.3 is 5.63 Å². The quantitative estimate of drug-likeness (QED) is 0.626. The molecular weight excluding hydrogens is 244 g/mol. The summed E-state index contributed by atoms with van der Waals surface area (Å²) < 4.78 is 16.0. The Hall–Kier alpha value is -2.23. The molecule has 0 radical (unpaired) electrons. The van der Waals surface area contributed by atoms with Gasteiger partial charge in [0.05, 0.1) is 12.5 Å². The summed E-state index contributed by atoms with van der Waals surface area (Å²) in [4.78, 5) is 11.3. The lowest BCUT2D eigenvalue weighted by Crippen LogP contribution is -1.99. The van der Waals surface area contributed by atoms with Gasteiger partial charge in [-0.3, -0.25) is 0 Å². The monoisotopic (exact) mass is 260 g/mol. The average Bonchev–Trinajstić information content (AvgIpc) is 2.38. The second kappa shape index (κ2) is 5.61. The fraction of sp³-hybridized carbons (Fsp3) is 0.267. The van der Waals surface area contributed by atoms with E-state index < -0.39 is 5.63 Å². The highest BCUT2D eigenvalue weighted by Crippen LogP contribution is 2.31. The Bertz CT molecular complexity index is 663. The summed E-state index contributed by atoms with van der Waals surface area (Å²) in [6.07, 6.45) is 1.98. The molecule has 0 unspecified atom stereocenters. The largest absolute Gasteiger partial charge is 0.493 e. The number of rotatable bonds is 4. The highest BCUT2D eigenvalue weighted by molar-refractivity contribution is 5.88. The highest BCUT2D eigenvalue weighted by atomic mass is 16.5. The van der Waals surface area contributed by atoms with Crippen LogP contribution in [0.5, 0.6) is 11.5 Å². The average molecular weight is 260 g/mol. The van der Waals surface area contributed by atoms with E-state index in [2.05, 4.69) is 0 Å². The second-order valence-electron chi connectivity index (χ2n) is 4.36. The number of allylic oxidation sites excluding steroid dienone is 1. The minimum absolute atomic E-state index is 0.407. The van der Waals surface area contributed by atoms with E-state index in [1.807, 2.05) is 19.9 Å². The Kier molecular flexibility index (Phi) is 3.90. The predicted molar refractivity (Wildman–Crippen MR) is 74.0 cm³/mol. The summed E-state index contributed by atoms with van der Waals surface area (Å²) in [5.74, 6) is 1.18. The minimum Gasteiger partial charge on any atom is -0.493 e. The summed E-state index contributed by atoms with van der Waals surface area (Å²) in [7, 11) is 1.53. The lowest BCUT2D eigenvalue weighted by Gasteiger charge is -2.09. The zero-order valence-corrected chi connectivity index (χ0v) is 11.2. The molecule has 1 aromatic heterocycles. The van der Waals surface area contributed by atoms with Crippen molar-refractivity contribution < 1.29 is 13.9 Å². The highest BCUT2D eigenvalue weighted by Gasteiger charge is 2.10. The molecule has 2 rings (SSSR count). The zero-order valence-electron chi connectivity index (χ0n) is 11.2. The van der Waals surface area contributed by atoms with Crippen molar-refractivity contribution in [2.45, 2.75) is 13.8 Å². The van der Waals surface area contributed by atoms with Gasteiger partial charge in [0.2, 0.25) is 0 Å². The lowest BCUT2D eigenvalue weighted by molar-refractivity contribution is 0.363. The fourth-order valence-electron chi connectivity index (χ4n) is 1.70. The number of hydrogen-bond acceptors (Lipinski definition) is 4. The van der Waals surface area contributed by atoms with Gasteiger partial charge in [-0.15, -0.1) is 0 Å². The molecule has 0 saturated heterocycles. The van der Waals surface area contributed by atoms with Gasteiger partial charge in [-0.2, -0.15) is 0 Å². The van der Waals surface area contributed by atoms with Crippen LogP contribution in [0.15, 0.2) is 45.1 Å². The van der Waals surface area contributed by atoms with Crippen LogP contribution in [-0.2, 0) is 0 Å². The molecule has 0 aliphatic heterocycles. The predicted octanol–water partition coefficient (Wildman–Crippen LogP) is 3.15. The third-order valence-corrected chi connectivity index (χ3v) is 2.66. The van der Waals surface area contributed by atoms with E-state index in [0.29, 0.717) is 23.7 Å². The number of hydrogen-bond donors (Lipinski definition) is 0. The standard InChI is InChI=1S/C15H16O4/c1-10(2)8-9-18-12-5-6-13(17-3)15-11(12)4-7-14(16)19-15/h4-8H,9H2,1-3H3. The first-order valence-corrected chi connectivity index (χ1v) is 5.99. The molecule has 4 heteroatoms. The first-order chi connectivity index (χ1) is 9.11. The topological polar surface area (TPSA) is 48.7 Å². The van der Waals surface area contributed by atoms with Crippen LogP contribution in [0, 0.1) is 0 Å². The normalized spacial score (nSPS) is 10.3. The van der Waals surface area contributed by atoms with Gasteiger partial charge in [0.15, 0.2) is 11.3 Å². The van der Waals surface area contributed by atoms with Crippen molar-refractivity contribution in [2.24, 2.45) is 0 Å². The zero-order chi connectivity index (χ0) is 13.8. The molecule has 0 N–H and O–H groups in total. The van der Waals surface area contributed by atoms with Gasteiger partial charge in [-0.05, 0) is 38.1 Å². The summed E-state index contributed by atoms with van der Waals surface area (Å²) in [5, 5.41) is 0.723. The lowest BCUT2D eigenvalue weighted by atomic mass is 10.2. The van der Waals surface area contributed by atoms with E-state index in [4.69, 9.17) is 13.9 Å². The number of ether oxygens (including phenoxy) is 2. The van der Waals surface area contributed by atoms with Crippen molar-refractivity contribution in [3.63, 3.8) is 0 Å². The van der Waals surface area contributed by atoms with Crippen molar-refractivity contribution in [1.29, 1.82) is 0 Å². The molecule has 0 fully saturated rings. The molecule has 1 heterocycles. The smallest absolute Gasteiger partial charge is 0.336 e. The maximum atomic E-state index is 11.3. The van der Waals surface area contributed by atoms with Gasteiger partial charge in [0.25, 0.3) is 0 Å². The van der Waals surface area contributed by atoms with Crippen molar-refractivity contribution >= 4 is 11.0 Å². The van der Waals surface area contributed by atoms with Crippen LogP contribution in [0.2, 0.25) is 0 Å². The van der Waals surface area contributed by atoms with Crippen LogP contribution >= 0.6 is 0 Å². The Morgan fingerprint density at radius 1 is 1.21 bits per heavy atom. The Labute approximate surface area is 111 Å². The third kappa shape index (κ3) is 2.96. The van der Waals surface area contributed by atoms with Gasteiger partial charge in [0, 0.05) is 6.07 Å². The van der Waals surface area contributed by atoms with Crippen LogP contribution in [-0.4, -0.2) is 13.7 Å². The summed E-state index contributed by atoms with van der Waals surface area (Å²) in [6, 6.07) is 6.58. The van der Waals surface area contributed by atoms with Crippen LogP contribution < -0.4 is 15.1 Å². The van der Waals surface area contributed by atoms with Crippen molar-refractivity contribution in [3.05, 3.63) is 46.3 Å².